The van der Waals surface area contributed by atoms with E-state index in [2.05, 4.69) is 26.0 Å². The molecule has 4 aliphatic carbocycles. The number of carbonyl (C=O) groups excluding carboxylic acids is 6. The van der Waals surface area contributed by atoms with Crippen LogP contribution in [0.25, 0.3) is 0 Å². The van der Waals surface area contributed by atoms with E-state index in [1.165, 1.54) is 0 Å². The molecular formula is C66H91ClO18Zn. The third-order valence-corrected chi connectivity index (χ3v) is 16.6. The van der Waals surface area contributed by atoms with Crippen molar-refractivity contribution in [1.82, 2.24) is 0 Å². The number of carboxylic acids is 2. The first kappa shape index (κ1) is 75.1. The van der Waals surface area contributed by atoms with Gasteiger partial charge >= 0.3 is 37.4 Å². The first-order valence-electron chi connectivity index (χ1n) is 29.9. The number of ether oxygens (including phenoxy) is 4. The Kier molecular flexibility index (Phi) is 31.3. The summed E-state index contributed by atoms with van der Waals surface area (Å²) in [4.78, 5) is 70.5. The van der Waals surface area contributed by atoms with Crippen LogP contribution in [0.5, 0.6) is 5.75 Å². The number of halogens is 1. The monoisotopic (exact) mass is 1270 g/mol. The van der Waals surface area contributed by atoms with E-state index in [4.69, 9.17) is 30.5 Å². The van der Waals surface area contributed by atoms with E-state index in [0.29, 0.717) is 73.3 Å². The van der Waals surface area contributed by atoms with E-state index in [9.17, 15) is 69.6 Å². The predicted octanol–water partition coefficient (Wildman–Crippen LogP) is 6.89. The number of fused-ring (bicyclic) bond motifs is 2. The van der Waals surface area contributed by atoms with E-state index in [0.717, 1.165) is 11.1 Å². The van der Waals surface area contributed by atoms with Gasteiger partial charge in [0.2, 0.25) is 0 Å². The van der Waals surface area contributed by atoms with Crippen molar-refractivity contribution in [3.8, 4) is 5.75 Å². The van der Waals surface area contributed by atoms with Gasteiger partial charge in [-0.25, -0.2) is 4.79 Å². The summed E-state index contributed by atoms with van der Waals surface area (Å²) in [6.07, 6.45) is 8.41. The number of hydrogen-bond donors (Lipinski definition) is 6. The van der Waals surface area contributed by atoms with Gasteiger partial charge < -0.3 is 69.4 Å². The van der Waals surface area contributed by atoms with Crippen molar-refractivity contribution in [2.75, 3.05) is 0 Å². The number of allylic oxidation sites excluding steroid dienone is 4. The molecule has 0 fully saturated rings. The molecule has 6 N–H and O–H groups in total. The minimum atomic E-state index is -1.35. The molecule has 18 nitrogen and oxygen atoms in total. The molecule has 2 aromatic rings. The van der Waals surface area contributed by atoms with Gasteiger partial charge in [-0.3, -0.25) is 14.4 Å². The fraction of sp³-hybridized carbons (Fsp3) is 0.606. The molecule has 0 heterocycles. The Morgan fingerprint density at radius 3 is 1.37 bits per heavy atom. The smallest absolute Gasteiger partial charge is 0.550 e. The maximum absolute atomic E-state index is 12.4. The molecular weight excluding hydrogens is 1180 g/mol. The minimum absolute atomic E-state index is 0. The van der Waals surface area contributed by atoms with Crippen molar-refractivity contribution in [2.45, 2.75) is 207 Å². The number of esters is 3. The van der Waals surface area contributed by atoms with Crippen molar-refractivity contribution in [1.29, 1.82) is 0 Å². The van der Waals surface area contributed by atoms with Crippen LogP contribution in [0, 0.1) is 47.3 Å². The standard InChI is InChI=1S/2C23H36O7.C20H21ClO4.Zn/c2*1-4-13(2)23(29)30-20-11-17(25)9-15-6-5-14(3)19(22(15)20)8-7-16(24)10-18(26)12-21(27)28;1-13(2)24-19(23)20(3,4)25-17-11-7-15(8-12-17)18(22)14-5-9-16(21)10-6-14;/h2*5-6,9,13-14,16-20,22,24-26H,4,7-8,10-12H2,1-3H3,(H,27,28);5-13H,1-4H3;/q;;;+2/p-2/t2*13-,14-,16+,17+,18+,19-,20-,22-;;/m00../s1. The average Bonchev–Trinajstić information content (AvgIpc) is 1.00. The molecule has 86 heavy (non-hydrogen) atoms. The molecule has 16 atom stereocenters. The number of carbonyl (C=O) groups is 6. The van der Waals surface area contributed by atoms with Crippen LogP contribution in [0.4, 0.5) is 0 Å². The van der Waals surface area contributed by atoms with Crippen LogP contribution >= 0.6 is 11.6 Å². The summed E-state index contributed by atoms with van der Waals surface area (Å²) in [6, 6.07) is 13.4. The molecule has 0 aromatic heterocycles. The molecule has 20 heteroatoms. The number of aliphatic hydroxyl groups excluding tert-OH is 6. The van der Waals surface area contributed by atoms with Crippen LogP contribution in [0.3, 0.4) is 0 Å². The van der Waals surface area contributed by atoms with E-state index in [1.54, 1.807) is 76.2 Å². The molecule has 0 aliphatic heterocycles. The molecule has 0 radical (unpaired) electrons. The Morgan fingerprint density at radius 1 is 0.628 bits per heavy atom. The Hall–Kier alpha value is -5.11. The fourth-order valence-corrected chi connectivity index (χ4v) is 11.3. The summed E-state index contributed by atoms with van der Waals surface area (Å²) < 4.78 is 22.6. The van der Waals surface area contributed by atoms with Gasteiger partial charge in [-0.1, -0.05) is 89.6 Å². The van der Waals surface area contributed by atoms with Crippen molar-refractivity contribution >= 4 is 47.2 Å². The van der Waals surface area contributed by atoms with Crippen LogP contribution in [0.2, 0.25) is 5.02 Å². The van der Waals surface area contributed by atoms with Gasteiger partial charge in [0.1, 0.15) is 18.0 Å². The predicted molar refractivity (Wildman–Crippen MR) is 315 cm³/mol. The van der Waals surface area contributed by atoms with Gasteiger partial charge in [-0.05, 0) is 162 Å². The molecule has 0 saturated heterocycles. The zero-order valence-corrected chi connectivity index (χ0v) is 55.3. The first-order chi connectivity index (χ1) is 39.9. The van der Waals surface area contributed by atoms with Crippen LogP contribution in [0.15, 0.2) is 96.1 Å². The normalized spacial score (nSPS) is 25.1. The Bertz CT molecular complexity index is 2520. The number of rotatable bonds is 26. The maximum atomic E-state index is 12.4. The number of hydrogen-bond acceptors (Lipinski definition) is 18. The molecule has 0 saturated carbocycles. The number of benzene rings is 2. The fourth-order valence-electron chi connectivity index (χ4n) is 11.2. The summed E-state index contributed by atoms with van der Waals surface area (Å²) in [7, 11) is 0. The second-order valence-electron chi connectivity index (χ2n) is 24.1. The van der Waals surface area contributed by atoms with Crippen molar-refractivity contribution in [3.05, 3.63) is 112 Å². The van der Waals surface area contributed by atoms with Crippen LogP contribution < -0.4 is 14.9 Å². The summed E-state index contributed by atoms with van der Waals surface area (Å²) in [5.41, 5.74) is 1.86. The minimum Gasteiger partial charge on any atom is -0.550 e. The third kappa shape index (κ3) is 23.8. The number of carboxylic acid groups (broad SMARTS) is 2. The van der Waals surface area contributed by atoms with Gasteiger partial charge in [0.25, 0.3) is 0 Å². The molecule has 0 spiro atoms. The molecule has 0 amide bonds. The van der Waals surface area contributed by atoms with E-state index < -0.39 is 85.2 Å². The SMILES string of the molecule is CC(C)OC(=O)C(C)(C)Oc1ccc(C(=O)c2ccc(Cl)cc2)cc1.CC[C@H](C)C(=O)O[C@H]1C[C@H](O)C=C2C=C[C@H](C)[C@H](CC[C@@H](O)C[C@@H](O)CC(=O)[O-])[C@H]21.CC[C@H](C)C(=O)O[C@H]1C[C@H](O)C=C2C=C[C@H](C)[C@H](CC[C@@H](O)C[C@@H](O)CC(=O)[O-])[C@H]21.[Zn+2]. The number of aliphatic hydroxyl groups is 6. The van der Waals surface area contributed by atoms with Gasteiger partial charge in [-0.15, -0.1) is 0 Å². The van der Waals surface area contributed by atoms with Gasteiger partial charge in [-0.2, -0.15) is 0 Å². The first-order valence-corrected chi connectivity index (χ1v) is 30.3. The topological polar surface area (TPSA) is 307 Å². The summed E-state index contributed by atoms with van der Waals surface area (Å²) in [5.74, 6) is -3.27. The second kappa shape index (κ2) is 35.8. The van der Waals surface area contributed by atoms with Crippen molar-refractivity contribution in [3.63, 3.8) is 0 Å². The van der Waals surface area contributed by atoms with Gasteiger partial charge in [0, 0.05) is 65.6 Å². The molecule has 0 unspecified atom stereocenters. The summed E-state index contributed by atoms with van der Waals surface area (Å²) >= 11 is 5.84. The van der Waals surface area contributed by atoms with Crippen LogP contribution in [-0.4, -0.2) is 127 Å². The summed E-state index contributed by atoms with van der Waals surface area (Å²) in [5, 5.41) is 82.2. The summed E-state index contributed by atoms with van der Waals surface area (Å²) in [6.45, 7) is 18.5. The van der Waals surface area contributed by atoms with E-state index in [1.807, 2.05) is 52.0 Å². The zero-order valence-electron chi connectivity index (χ0n) is 51.6. The molecule has 472 valence electrons. The number of ketones is 1. The third-order valence-electron chi connectivity index (χ3n) is 16.3. The second-order valence-corrected chi connectivity index (χ2v) is 24.6. The largest absolute Gasteiger partial charge is 2.00 e. The van der Waals surface area contributed by atoms with E-state index >= 15 is 0 Å². The van der Waals surface area contributed by atoms with E-state index in [-0.39, 0.29) is 103 Å². The average molecular weight is 1270 g/mol. The van der Waals surface area contributed by atoms with Gasteiger partial charge in [0.05, 0.1) is 54.6 Å². The van der Waals surface area contributed by atoms with Crippen molar-refractivity contribution < 1.29 is 108 Å². The Morgan fingerprint density at radius 2 is 1.01 bits per heavy atom. The molecule has 0 bridgehead atoms. The Balaban J connectivity index is 0.000000337. The maximum Gasteiger partial charge on any atom is 2.00 e. The number of aliphatic carboxylic acids is 2. The Labute approximate surface area is 524 Å². The van der Waals surface area contributed by atoms with Crippen molar-refractivity contribution in [2.24, 2.45) is 47.3 Å². The van der Waals surface area contributed by atoms with Crippen LogP contribution in [0.1, 0.15) is 162 Å². The quantitative estimate of drug-likeness (QED) is 0.0242. The van der Waals surface area contributed by atoms with Gasteiger partial charge in [0.15, 0.2) is 11.4 Å². The molecule has 6 rings (SSSR count). The zero-order chi connectivity index (χ0) is 63.5. The van der Waals surface area contributed by atoms with Crippen LogP contribution in [-0.2, 0) is 57.7 Å². The molecule has 2 aromatic carbocycles. The molecule has 4 aliphatic rings.